The van der Waals surface area contributed by atoms with Crippen molar-refractivity contribution in [1.29, 1.82) is 0 Å². The summed E-state index contributed by atoms with van der Waals surface area (Å²) >= 11 is 0. The molecule has 0 aromatic heterocycles. The van der Waals surface area contributed by atoms with Crippen molar-refractivity contribution < 1.29 is 23.1 Å². The number of carbonyl (C=O) groups is 2. The summed E-state index contributed by atoms with van der Waals surface area (Å²) in [6, 6.07) is 9.77. The standard InChI is InChI=1S/C22H27N3O5S/c1-31(29,30)23-16-7-4-12-24(14-16)22(28)19-9-5-13-25(19)21(27)18-11-10-15-6-2-3-8-17(15)20(18)26/h2-3,6,8,10-11,16,19,23,26H,4-5,7,9,12-14H2,1H3. The average molecular weight is 446 g/mol. The van der Waals surface area contributed by atoms with E-state index in [9.17, 15) is 23.1 Å². The maximum Gasteiger partial charge on any atom is 0.258 e. The lowest BCUT2D eigenvalue weighted by molar-refractivity contribution is -0.136. The van der Waals surface area contributed by atoms with Gasteiger partial charge in [-0.3, -0.25) is 9.59 Å². The van der Waals surface area contributed by atoms with Crippen molar-refractivity contribution >= 4 is 32.6 Å². The lowest BCUT2D eigenvalue weighted by Crippen LogP contribution is -2.54. The average Bonchev–Trinajstić information content (AvgIpc) is 3.22. The van der Waals surface area contributed by atoms with Gasteiger partial charge < -0.3 is 14.9 Å². The Labute approximate surface area is 181 Å². The van der Waals surface area contributed by atoms with Crippen molar-refractivity contribution in [2.24, 2.45) is 0 Å². The van der Waals surface area contributed by atoms with E-state index >= 15 is 0 Å². The number of nitrogens with one attached hydrogen (secondary N) is 1. The molecule has 2 N–H and O–H groups in total. The summed E-state index contributed by atoms with van der Waals surface area (Å²) in [7, 11) is -3.36. The molecule has 2 aromatic rings. The normalized spacial score (nSPS) is 22.1. The summed E-state index contributed by atoms with van der Waals surface area (Å²) in [5.74, 6) is -0.593. The predicted molar refractivity (Wildman–Crippen MR) is 117 cm³/mol. The van der Waals surface area contributed by atoms with E-state index in [0.29, 0.717) is 50.7 Å². The van der Waals surface area contributed by atoms with Crippen LogP contribution in [0.2, 0.25) is 0 Å². The topological polar surface area (TPSA) is 107 Å². The molecule has 4 rings (SSSR count). The molecule has 31 heavy (non-hydrogen) atoms. The number of benzene rings is 2. The van der Waals surface area contributed by atoms with Gasteiger partial charge in [0.1, 0.15) is 11.8 Å². The van der Waals surface area contributed by atoms with Gasteiger partial charge in [0, 0.05) is 31.1 Å². The highest BCUT2D eigenvalue weighted by atomic mass is 32.2. The van der Waals surface area contributed by atoms with Gasteiger partial charge >= 0.3 is 0 Å². The molecule has 0 saturated carbocycles. The third-order valence-corrected chi connectivity index (χ3v) is 6.81. The van der Waals surface area contributed by atoms with Crippen LogP contribution in [0.3, 0.4) is 0 Å². The van der Waals surface area contributed by atoms with Crippen molar-refractivity contribution in [2.75, 3.05) is 25.9 Å². The zero-order valence-corrected chi connectivity index (χ0v) is 18.3. The SMILES string of the molecule is CS(=O)(=O)NC1CCCN(C(=O)C2CCCN2C(=O)c2ccc3ccccc3c2O)C1. The van der Waals surface area contributed by atoms with Crippen LogP contribution >= 0.6 is 0 Å². The van der Waals surface area contributed by atoms with Crippen molar-refractivity contribution in [2.45, 2.75) is 37.8 Å². The van der Waals surface area contributed by atoms with Gasteiger partial charge in [0.15, 0.2) is 0 Å². The maximum absolute atomic E-state index is 13.3. The molecule has 2 aliphatic heterocycles. The second kappa shape index (κ2) is 8.47. The second-order valence-corrected chi connectivity index (χ2v) is 10.1. The van der Waals surface area contributed by atoms with Crippen molar-refractivity contribution in [3.63, 3.8) is 0 Å². The van der Waals surface area contributed by atoms with Crippen molar-refractivity contribution in [3.8, 4) is 5.75 Å². The molecule has 2 atom stereocenters. The molecule has 8 nitrogen and oxygen atoms in total. The van der Waals surface area contributed by atoms with E-state index < -0.39 is 16.1 Å². The van der Waals surface area contributed by atoms with Crippen molar-refractivity contribution in [1.82, 2.24) is 14.5 Å². The Balaban J connectivity index is 1.53. The molecular weight excluding hydrogens is 418 g/mol. The first-order valence-electron chi connectivity index (χ1n) is 10.5. The van der Waals surface area contributed by atoms with Crippen LogP contribution in [0.15, 0.2) is 36.4 Å². The van der Waals surface area contributed by atoms with Crippen LogP contribution < -0.4 is 4.72 Å². The van der Waals surface area contributed by atoms with E-state index in [1.165, 1.54) is 0 Å². The van der Waals surface area contributed by atoms with Gasteiger partial charge in [-0.15, -0.1) is 0 Å². The number of nitrogens with zero attached hydrogens (tertiary/aromatic N) is 2. The maximum atomic E-state index is 13.3. The minimum absolute atomic E-state index is 0.0726. The molecule has 9 heteroatoms. The second-order valence-electron chi connectivity index (χ2n) is 8.35. The van der Waals surface area contributed by atoms with Crippen LogP contribution in [0, 0.1) is 0 Å². The molecule has 0 radical (unpaired) electrons. The van der Waals surface area contributed by atoms with E-state index in [-0.39, 0.29) is 29.2 Å². The van der Waals surface area contributed by atoms with E-state index in [2.05, 4.69) is 4.72 Å². The number of piperidine rings is 1. The van der Waals surface area contributed by atoms with Crippen LogP contribution in [0.5, 0.6) is 5.75 Å². The Kier molecular flexibility index (Phi) is 5.90. The van der Waals surface area contributed by atoms with Gasteiger partial charge in [0.25, 0.3) is 5.91 Å². The number of sulfonamides is 1. The van der Waals surface area contributed by atoms with E-state index in [4.69, 9.17) is 0 Å². The van der Waals surface area contributed by atoms with E-state index in [1.807, 2.05) is 12.1 Å². The predicted octanol–water partition coefficient (Wildman–Crippen LogP) is 1.69. The zero-order chi connectivity index (χ0) is 22.2. The molecule has 0 bridgehead atoms. The summed E-state index contributed by atoms with van der Waals surface area (Å²) < 4.78 is 25.7. The van der Waals surface area contributed by atoms with E-state index in [1.54, 1.807) is 34.1 Å². The Morgan fingerprint density at radius 1 is 1.06 bits per heavy atom. The van der Waals surface area contributed by atoms with Crippen molar-refractivity contribution in [3.05, 3.63) is 42.0 Å². The Morgan fingerprint density at radius 2 is 1.81 bits per heavy atom. The summed E-state index contributed by atoms with van der Waals surface area (Å²) in [4.78, 5) is 29.7. The van der Waals surface area contributed by atoms with Gasteiger partial charge in [-0.1, -0.05) is 30.3 Å². The molecule has 0 spiro atoms. The fourth-order valence-electron chi connectivity index (χ4n) is 4.64. The summed E-state index contributed by atoms with van der Waals surface area (Å²) in [5, 5.41) is 12.1. The number of aromatic hydroxyl groups is 1. The zero-order valence-electron chi connectivity index (χ0n) is 17.5. The van der Waals surface area contributed by atoms with Crippen LogP contribution in [0.1, 0.15) is 36.0 Å². The van der Waals surface area contributed by atoms with Gasteiger partial charge in [0.2, 0.25) is 15.9 Å². The third kappa shape index (κ3) is 4.52. The van der Waals surface area contributed by atoms with Crippen LogP contribution in [-0.4, -0.2) is 73.1 Å². The molecule has 2 saturated heterocycles. The molecule has 2 amide bonds. The quantitative estimate of drug-likeness (QED) is 0.745. The molecule has 166 valence electrons. The minimum atomic E-state index is -3.36. The molecular formula is C22H27N3O5S. The Bertz CT molecular complexity index is 1120. The Hall–Kier alpha value is -2.65. The summed E-state index contributed by atoms with van der Waals surface area (Å²) in [6.07, 6.45) is 3.75. The largest absolute Gasteiger partial charge is 0.506 e. The van der Waals surface area contributed by atoms with E-state index in [0.717, 1.165) is 11.6 Å². The third-order valence-electron chi connectivity index (χ3n) is 6.04. The highest BCUT2D eigenvalue weighted by Gasteiger charge is 2.39. The lowest BCUT2D eigenvalue weighted by atomic mass is 10.0. The monoisotopic (exact) mass is 445 g/mol. The smallest absolute Gasteiger partial charge is 0.258 e. The number of likely N-dealkylation sites (tertiary alicyclic amines) is 2. The first kappa shape index (κ1) is 21.6. The molecule has 2 fully saturated rings. The highest BCUT2D eigenvalue weighted by molar-refractivity contribution is 7.88. The molecule has 2 unspecified atom stereocenters. The number of hydrogen-bond donors (Lipinski definition) is 2. The number of rotatable bonds is 4. The first-order chi connectivity index (χ1) is 14.7. The number of fused-ring (bicyclic) bond motifs is 1. The van der Waals surface area contributed by atoms with Gasteiger partial charge in [-0.25, -0.2) is 13.1 Å². The van der Waals surface area contributed by atoms with Gasteiger partial charge in [-0.2, -0.15) is 0 Å². The number of amides is 2. The number of carbonyl (C=O) groups excluding carboxylic acids is 2. The van der Waals surface area contributed by atoms with Gasteiger partial charge in [0.05, 0.1) is 11.8 Å². The van der Waals surface area contributed by atoms with Crippen LogP contribution in [-0.2, 0) is 14.8 Å². The number of phenols is 1. The molecule has 0 aliphatic carbocycles. The van der Waals surface area contributed by atoms with Gasteiger partial charge in [-0.05, 0) is 37.1 Å². The summed E-state index contributed by atoms with van der Waals surface area (Å²) in [5.41, 5.74) is 0.189. The number of hydrogen-bond acceptors (Lipinski definition) is 5. The molecule has 2 aliphatic rings. The lowest BCUT2D eigenvalue weighted by Gasteiger charge is -2.36. The fraction of sp³-hybridized carbons (Fsp3) is 0.455. The fourth-order valence-corrected chi connectivity index (χ4v) is 5.43. The van der Waals surface area contributed by atoms with Crippen LogP contribution in [0.4, 0.5) is 0 Å². The first-order valence-corrected chi connectivity index (χ1v) is 12.4. The summed E-state index contributed by atoms with van der Waals surface area (Å²) in [6.45, 7) is 1.28. The Morgan fingerprint density at radius 3 is 2.58 bits per heavy atom. The van der Waals surface area contributed by atoms with Crippen LogP contribution in [0.25, 0.3) is 10.8 Å². The molecule has 2 aromatic carbocycles. The highest BCUT2D eigenvalue weighted by Crippen LogP contribution is 2.32. The number of phenolic OH excluding ortho intramolecular Hbond substituents is 1. The minimum Gasteiger partial charge on any atom is -0.506 e. The molecule has 2 heterocycles.